The first-order valence-corrected chi connectivity index (χ1v) is 7.92. The van der Waals surface area contributed by atoms with E-state index >= 15 is 0 Å². The number of rotatable bonds is 6. The van der Waals surface area contributed by atoms with E-state index in [-0.39, 0.29) is 18.4 Å². The maximum atomic E-state index is 12.9. The molecule has 0 aromatic heterocycles. The van der Waals surface area contributed by atoms with Crippen LogP contribution >= 0.6 is 0 Å². The van der Waals surface area contributed by atoms with Crippen molar-refractivity contribution < 1.29 is 14.3 Å². The monoisotopic (exact) mass is 319 g/mol. The van der Waals surface area contributed by atoms with E-state index in [1.807, 2.05) is 56.3 Å². The van der Waals surface area contributed by atoms with Gasteiger partial charge in [-0.05, 0) is 26.6 Å². The average molecular weight is 319 g/mol. The fourth-order valence-electron chi connectivity index (χ4n) is 2.61. The summed E-state index contributed by atoms with van der Waals surface area (Å²) in [6.07, 6.45) is -0.683. The summed E-state index contributed by atoms with van der Waals surface area (Å²) in [6, 6.07) is 9.04. The zero-order chi connectivity index (χ0) is 16.8. The maximum Gasteiger partial charge on any atom is 0.254 e. The van der Waals surface area contributed by atoms with Crippen LogP contribution in [0, 0.1) is 0 Å². The van der Waals surface area contributed by atoms with E-state index in [1.54, 1.807) is 4.90 Å². The van der Waals surface area contributed by atoms with Gasteiger partial charge in [-0.3, -0.25) is 9.59 Å². The van der Waals surface area contributed by atoms with E-state index in [0.717, 1.165) is 12.1 Å². The number of nitrogens with zero attached hydrogens (tertiary/aromatic N) is 2. The highest BCUT2D eigenvalue weighted by molar-refractivity contribution is 5.86. The van der Waals surface area contributed by atoms with E-state index in [1.165, 1.54) is 0 Å². The summed E-state index contributed by atoms with van der Waals surface area (Å²) in [7, 11) is 3.95. The Balaban J connectivity index is 2.16. The molecule has 1 fully saturated rings. The molecule has 2 rings (SSSR count). The minimum atomic E-state index is -0.683. The van der Waals surface area contributed by atoms with Gasteiger partial charge in [0.05, 0.1) is 6.04 Å². The zero-order valence-electron chi connectivity index (χ0n) is 14.0. The fraction of sp³-hybridized carbons (Fsp3) is 0.529. The molecular weight excluding hydrogens is 294 g/mol. The second-order valence-corrected chi connectivity index (χ2v) is 5.91. The predicted octanol–water partition coefficient (Wildman–Crippen LogP) is 0.653. The third-order valence-electron chi connectivity index (χ3n) is 3.93. The summed E-state index contributed by atoms with van der Waals surface area (Å²) >= 11 is 0. The largest absolute Gasteiger partial charge is 0.356 e. The average Bonchev–Trinajstić information content (AvgIpc) is 2.55. The molecule has 23 heavy (non-hydrogen) atoms. The standard InChI is InChI=1S/C17H25N3O3/c1-4-20(11-10-19(2)3)17(22)16-15(18-14(21)12-23-16)13-8-6-5-7-9-13/h5-9,15-16H,4,10-12H2,1-3H3,(H,18,21)/t15-,16+/m1/s1. The van der Waals surface area contributed by atoms with Gasteiger partial charge in [-0.15, -0.1) is 0 Å². The first-order chi connectivity index (χ1) is 11.0. The highest BCUT2D eigenvalue weighted by atomic mass is 16.5. The molecular formula is C17H25N3O3. The number of carbonyl (C=O) groups is 2. The van der Waals surface area contributed by atoms with Gasteiger partial charge in [0.15, 0.2) is 6.10 Å². The second kappa shape index (κ2) is 8.08. The molecule has 6 heteroatoms. The van der Waals surface area contributed by atoms with Crippen LogP contribution in [0.2, 0.25) is 0 Å². The molecule has 6 nitrogen and oxygen atoms in total. The zero-order valence-corrected chi connectivity index (χ0v) is 14.0. The Bertz CT molecular complexity index is 533. The van der Waals surface area contributed by atoms with Crippen LogP contribution in [0.1, 0.15) is 18.5 Å². The third kappa shape index (κ3) is 4.53. The van der Waals surface area contributed by atoms with Gasteiger partial charge in [0.2, 0.25) is 5.91 Å². The molecule has 2 amide bonds. The highest BCUT2D eigenvalue weighted by Gasteiger charge is 2.37. The van der Waals surface area contributed by atoms with Crippen LogP contribution in [0.4, 0.5) is 0 Å². The SMILES string of the molecule is CCN(CCN(C)C)C(=O)[C@H]1OCC(=O)N[C@@H]1c1ccccc1. The summed E-state index contributed by atoms with van der Waals surface area (Å²) in [4.78, 5) is 28.4. The Labute approximate surface area is 137 Å². The quantitative estimate of drug-likeness (QED) is 0.836. The van der Waals surface area contributed by atoms with Crippen molar-refractivity contribution in [1.29, 1.82) is 0 Å². The van der Waals surface area contributed by atoms with Crippen molar-refractivity contribution in [1.82, 2.24) is 15.1 Å². The molecule has 1 N–H and O–H groups in total. The molecule has 0 bridgehead atoms. The molecule has 1 aliphatic rings. The summed E-state index contributed by atoms with van der Waals surface area (Å²) in [6.45, 7) is 3.91. The van der Waals surface area contributed by atoms with Crippen LogP contribution in [0.15, 0.2) is 30.3 Å². The van der Waals surface area contributed by atoms with Crippen LogP contribution in [0.5, 0.6) is 0 Å². The van der Waals surface area contributed by atoms with Gasteiger partial charge < -0.3 is 19.9 Å². The van der Waals surface area contributed by atoms with Gasteiger partial charge >= 0.3 is 0 Å². The van der Waals surface area contributed by atoms with Gasteiger partial charge in [0, 0.05) is 19.6 Å². The number of amides is 2. The molecule has 0 aliphatic carbocycles. The van der Waals surface area contributed by atoms with Crippen molar-refractivity contribution in [2.75, 3.05) is 40.3 Å². The van der Waals surface area contributed by atoms with Crippen molar-refractivity contribution in [3.05, 3.63) is 35.9 Å². The van der Waals surface area contributed by atoms with E-state index < -0.39 is 12.1 Å². The summed E-state index contributed by atoms with van der Waals surface area (Å²) in [5, 5.41) is 2.89. The molecule has 0 unspecified atom stereocenters. The number of carbonyl (C=O) groups excluding carboxylic acids is 2. The second-order valence-electron chi connectivity index (χ2n) is 5.91. The lowest BCUT2D eigenvalue weighted by atomic mass is 9.99. The van der Waals surface area contributed by atoms with Gasteiger partial charge in [0.1, 0.15) is 6.61 Å². The number of likely N-dealkylation sites (N-methyl/N-ethyl adjacent to an activating group) is 2. The molecule has 1 aromatic carbocycles. The van der Waals surface area contributed by atoms with Crippen molar-refractivity contribution in [3.8, 4) is 0 Å². The van der Waals surface area contributed by atoms with E-state index in [0.29, 0.717) is 13.1 Å². The maximum absolute atomic E-state index is 12.9. The van der Waals surface area contributed by atoms with E-state index in [2.05, 4.69) is 5.32 Å². The smallest absolute Gasteiger partial charge is 0.254 e. The number of benzene rings is 1. The van der Waals surface area contributed by atoms with Crippen molar-refractivity contribution in [2.45, 2.75) is 19.1 Å². The third-order valence-corrected chi connectivity index (χ3v) is 3.93. The van der Waals surface area contributed by atoms with E-state index in [4.69, 9.17) is 4.74 Å². The molecule has 0 radical (unpaired) electrons. The molecule has 126 valence electrons. The van der Waals surface area contributed by atoms with Crippen LogP contribution in [-0.4, -0.2) is 68.1 Å². The molecule has 0 spiro atoms. The van der Waals surface area contributed by atoms with Crippen LogP contribution in [-0.2, 0) is 14.3 Å². The minimum Gasteiger partial charge on any atom is -0.356 e. The number of morpholine rings is 1. The summed E-state index contributed by atoms with van der Waals surface area (Å²) in [5.74, 6) is -0.276. The van der Waals surface area contributed by atoms with Crippen molar-refractivity contribution >= 4 is 11.8 Å². The Morgan fingerprint density at radius 2 is 1.96 bits per heavy atom. The first kappa shape index (κ1) is 17.4. The van der Waals surface area contributed by atoms with Gasteiger partial charge in [-0.25, -0.2) is 0 Å². The molecule has 1 saturated heterocycles. The number of ether oxygens (including phenoxy) is 1. The number of nitrogens with one attached hydrogen (secondary N) is 1. The highest BCUT2D eigenvalue weighted by Crippen LogP contribution is 2.23. The Hall–Kier alpha value is -1.92. The Kier molecular flexibility index (Phi) is 6.12. The van der Waals surface area contributed by atoms with Crippen molar-refractivity contribution in [2.24, 2.45) is 0 Å². The predicted molar refractivity (Wildman–Crippen MR) is 87.9 cm³/mol. The van der Waals surface area contributed by atoms with Gasteiger partial charge in [0.25, 0.3) is 5.91 Å². The lowest BCUT2D eigenvalue weighted by molar-refractivity contribution is -0.155. The lowest BCUT2D eigenvalue weighted by Crippen LogP contribution is -2.54. The normalized spacial score (nSPS) is 21.1. The fourth-order valence-corrected chi connectivity index (χ4v) is 2.61. The molecule has 1 aromatic rings. The van der Waals surface area contributed by atoms with Crippen LogP contribution < -0.4 is 5.32 Å². The van der Waals surface area contributed by atoms with Crippen molar-refractivity contribution in [3.63, 3.8) is 0 Å². The minimum absolute atomic E-state index is 0.0784. The summed E-state index contributed by atoms with van der Waals surface area (Å²) < 4.78 is 5.59. The summed E-state index contributed by atoms with van der Waals surface area (Å²) in [5.41, 5.74) is 0.877. The molecule has 2 atom stereocenters. The molecule has 1 heterocycles. The lowest BCUT2D eigenvalue weighted by Gasteiger charge is -2.35. The molecule has 1 aliphatic heterocycles. The van der Waals surface area contributed by atoms with Crippen LogP contribution in [0.3, 0.4) is 0 Å². The van der Waals surface area contributed by atoms with Gasteiger partial charge in [-0.1, -0.05) is 30.3 Å². The Morgan fingerprint density at radius 1 is 1.26 bits per heavy atom. The Morgan fingerprint density at radius 3 is 2.57 bits per heavy atom. The van der Waals surface area contributed by atoms with Crippen LogP contribution in [0.25, 0.3) is 0 Å². The number of hydrogen-bond donors (Lipinski definition) is 1. The number of hydrogen-bond acceptors (Lipinski definition) is 4. The topological polar surface area (TPSA) is 61.9 Å². The molecule has 0 saturated carbocycles. The first-order valence-electron chi connectivity index (χ1n) is 7.92. The van der Waals surface area contributed by atoms with E-state index in [9.17, 15) is 9.59 Å². The van der Waals surface area contributed by atoms with Gasteiger partial charge in [-0.2, -0.15) is 0 Å².